The molecule has 1 heterocycles. The highest BCUT2D eigenvalue weighted by atomic mass is 16.3. The SMILES string of the molecule is CC1CCC(N(CCO)CC2CCCN2)C1. The summed E-state index contributed by atoms with van der Waals surface area (Å²) < 4.78 is 0. The lowest BCUT2D eigenvalue weighted by Crippen LogP contribution is -2.43. The molecule has 3 nitrogen and oxygen atoms in total. The molecular weight excluding hydrogens is 200 g/mol. The van der Waals surface area contributed by atoms with Gasteiger partial charge in [-0.2, -0.15) is 0 Å². The van der Waals surface area contributed by atoms with Gasteiger partial charge in [0.2, 0.25) is 0 Å². The van der Waals surface area contributed by atoms with Crippen molar-refractivity contribution in [1.82, 2.24) is 10.2 Å². The van der Waals surface area contributed by atoms with Gasteiger partial charge in [0.1, 0.15) is 0 Å². The van der Waals surface area contributed by atoms with E-state index in [0.717, 1.165) is 25.0 Å². The van der Waals surface area contributed by atoms with Gasteiger partial charge >= 0.3 is 0 Å². The van der Waals surface area contributed by atoms with Crippen LogP contribution in [-0.4, -0.2) is 48.3 Å². The van der Waals surface area contributed by atoms with Crippen molar-refractivity contribution >= 4 is 0 Å². The second-order valence-corrected chi connectivity index (χ2v) is 5.58. The lowest BCUT2D eigenvalue weighted by Gasteiger charge is -2.30. The molecule has 0 amide bonds. The normalized spacial score (nSPS) is 35.1. The zero-order valence-corrected chi connectivity index (χ0v) is 10.5. The summed E-state index contributed by atoms with van der Waals surface area (Å²) in [6, 6.07) is 1.40. The predicted molar refractivity (Wildman–Crippen MR) is 66.5 cm³/mol. The monoisotopic (exact) mass is 226 g/mol. The molecule has 3 atom stereocenters. The zero-order chi connectivity index (χ0) is 11.4. The Kier molecular flexibility index (Phi) is 4.62. The highest BCUT2D eigenvalue weighted by Crippen LogP contribution is 2.29. The van der Waals surface area contributed by atoms with Crippen LogP contribution in [0.2, 0.25) is 0 Å². The maximum atomic E-state index is 9.17. The van der Waals surface area contributed by atoms with E-state index >= 15 is 0 Å². The quantitative estimate of drug-likeness (QED) is 0.740. The van der Waals surface area contributed by atoms with Crippen molar-refractivity contribution < 1.29 is 5.11 Å². The van der Waals surface area contributed by atoms with Crippen LogP contribution in [0.1, 0.15) is 39.0 Å². The van der Waals surface area contributed by atoms with Gasteiger partial charge in [-0.3, -0.25) is 4.90 Å². The van der Waals surface area contributed by atoms with E-state index in [-0.39, 0.29) is 0 Å². The molecule has 1 saturated heterocycles. The van der Waals surface area contributed by atoms with Gasteiger partial charge in [0.05, 0.1) is 6.61 Å². The summed E-state index contributed by atoms with van der Waals surface area (Å²) in [5.74, 6) is 0.878. The van der Waals surface area contributed by atoms with E-state index in [1.165, 1.54) is 38.6 Å². The zero-order valence-electron chi connectivity index (χ0n) is 10.5. The molecular formula is C13H26N2O. The average Bonchev–Trinajstić information content (AvgIpc) is 2.88. The Balaban J connectivity index is 1.83. The summed E-state index contributed by atoms with van der Waals surface area (Å²) in [6.07, 6.45) is 6.65. The van der Waals surface area contributed by atoms with E-state index in [4.69, 9.17) is 0 Å². The fraction of sp³-hybridized carbons (Fsp3) is 1.00. The number of rotatable bonds is 5. The first-order valence-corrected chi connectivity index (χ1v) is 6.88. The largest absolute Gasteiger partial charge is 0.395 e. The van der Waals surface area contributed by atoms with E-state index in [2.05, 4.69) is 17.1 Å². The van der Waals surface area contributed by atoms with Crippen molar-refractivity contribution in [2.24, 2.45) is 5.92 Å². The fourth-order valence-corrected chi connectivity index (χ4v) is 3.26. The minimum absolute atomic E-state index is 0.303. The second kappa shape index (κ2) is 5.99. The Bertz CT molecular complexity index is 204. The van der Waals surface area contributed by atoms with Crippen LogP contribution in [0.5, 0.6) is 0 Å². The minimum atomic E-state index is 0.303. The maximum absolute atomic E-state index is 9.17. The Morgan fingerprint density at radius 3 is 2.75 bits per heavy atom. The first kappa shape index (κ1) is 12.3. The van der Waals surface area contributed by atoms with E-state index < -0.39 is 0 Å². The Labute approximate surface area is 99.2 Å². The highest BCUT2D eigenvalue weighted by Gasteiger charge is 2.28. The molecule has 0 spiro atoms. The molecule has 0 aromatic carbocycles. The van der Waals surface area contributed by atoms with Gasteiger partial charge < -0.3 is 10.4 Å². The van der Waals surface area contributed by atoms with Crippen molar-refractivity contribution in [3.05, 3.63) is 0 Å². The van der Waals surface area contributed by atoms with Crippen LogP contribution in [0.25, 0.3) is 0 Å². The number of aliphatic hydroxyl groups is 1. The van der Waals surface area contributed by atoms with Crippen LogP contribution < -0.4 is 5.32 Å². The Morgan fingerprint density at radius 1 is 1.31 bits per heavy atom. The van der Waals surface area contributed by atoms with E-state index in [9.17, 15) is 5.11 Å². The summed E-state index contributed by atoms with van der Waals surface area (Å²) in [5, 5.41) is 12.7. The molecule has 0 aromatic heterocycles. The molecule has 94 valence electrons. The van der Waals surface area contributed by atoms with Crippen LogP contribution in [0.3, 0.4) is 0 Å². The minimum Gasteiger partial charge on any atom is -0.395 e. The van der Waals surface area contributed by atoms with Crippen LogP contribution in [0, 0.1) is 5.92 Å². The maximum Gasteiger partial charge on any atom is 0.0558 e. The van der Waals surface area contributed by atoms with E-state index in [0.29, 0.717) is 12.6 Å². The molecule has 1 saturated carbocycles. The molecule has 1 aliphatic carbocycles. The molecule has 3 heteroatoms. The third kappa shape index (κ3) is 3.19. The number of hydrogen-bond donors (Lipinski definition) is 2. The first-order valence-electron chi connectivity index (χ1n) is 6.88. The number of hydrogen-bond acceptors (Lipinski definition) is 3. The second-order valence-electron chi connectivity index (χ2n) is 5.58. The van der Waals surface area contributed by atoms with Crippen LogP contribution >= 0.6 is 0 Å². The van der Waals surface area contributed by atoms with Crippen molar-refractivity contribution in [2.45, 2.75) is 51.1 Å². The molecule has 2 aliphatic rings. The van der Waals surface area contributed by atoms with Gasteiger partial charge in [-0.05, 0) is 44.6 Å². The molecule has 16 heavy (non-hydrogen) atoms. The molecule has 2 N–H and O–H groups in total. The van der Waals surface area contributed by atoms with Gasteiger partial charge in [-0.15, -0.1) is 0 Å². The fourth-order valence-electron chi connectivity index (χ4n) is 3.26. The van der Waals surface area contributed by atoms with Gasteiger partial charge in [-0.25, -0.2) is 0 Å². The summed E-state index contributed by atoms with van der Waals surface area (Å²) in [7, 11) is 0. The number of aliphatic hydroxyl groups excluding tert-OH is 1. The number of nitrogens with one attached hydrogen (secondary N) is 1. The van der Waals surface area contributed by atoms with E-state index in [1.54, 1.807) is 0 Å². The molecule has 0 radical (unpaired) electrons. The molecule has 2 rings (SSSR count). The summed E-state index contributed by atoms with van der Waals surface area (Å²) in [4.78, 5) is 2.52. The third-order valence-electron chi connectivity index (χ3n) is 4.19. The molecule has 0 bridgehead atoms. The van der Waals surface area contributed by atoms with Crippen molar-refractivity contribution in [3.8, 4) is 0 Å². The molecule has 0 aromatic rings. The standard InChI is InChI=1S/C13H26N2O/c1-11-4-5-13(9-11)15(7-8-16)10-12-3-2-6-14-12/h11-14,16H,2-10H2,1H3. The van der Waals surface area contributed by atoms with E-state index in [1.807, 2.05) is 0 Å². The van der Waals surface area contributed by atoms with Crippen molar-refractivity contribution in [2.75, 3.05) is 26.2 Å². The lowest BCUT2D eigenvalue weighted by molar-refractivity contribution is 0.139. The highest BCUT2D eigenvalue weighted by molar-refractivity contribution is 4.85. The van der Waals surface area contributed by atoms with Gasteiger partial charge in [0, 0.05) is 25.2 Å². The van der Waals surface area contributed by atoms with Gasteiger partial charge in [-0.1, -0.05) is 6.92 Å². The summed E-state index contributed by atoms with van der Waals surface area (Å²) in [5.41, 5.74) is 0. The first-order chi connectivity index (χ1) is 7.79. The molecule has 3 unspecified atom stereocenters. The summed E-state index contributed by atoms with van der Waals surface area (Å²) in [6.45, 7) is 5.83. The van der Waals surface area contributed by atoms with Crippen LogP contribution in [0.4, 0.5) is 0 Å². The third-order valence-corrected chi connectivity index (χ3v) is 4.19. The molecule has 2 fully saturated rings. The van der Waals surface area contributed by atoms with Gasteiger partial charge in [0.15, 0.2) is 0 Å². The lowest BCUT2D eigenvalue weighted by atomic mass is 10.1. The Morgan fingerprint density at radius 2 is 2.19 bits per heavy atom. The summed E-state index contributed by atoms with van der Waals surface area (Å²) >= 11 is 0. The Hall–Kier alpha value is -0.120. The van der Waals surface area contributed by atoms with Crippen LogP contribution in [0.15, 0.2) is 0 Å². The smallest absolute Gasteiger partial charge is 0.0558 e. The number of nitrogens with zero attached hydrogens (tertiary/aromatic N) is 1. The van der Waals surface area contributed by atoms with Crippen molar-refractivity contribution in [3.63, 3.8) is 0 Å². The van der Waals surface area contributed by atoms with Crippen LogP contribution in [-0.2, 0) is 0 Å². The molecule has 1 aliphatic heterocycles. The van der Waals surface area contributed by atoms with Gasteiger partial charge in [0.25, 0.3) is 0 Å². The average molecular weight is 226 g/mol. The van der Waals surface area contributed by atoms with Crippen molar-refractivity contribution in [1.29, 1.82) is 0 Å². The topological polar surface area (TPSA) is 35.5 Å². The predicted octanol–water partition coefficient (Wildman–Crippen LogP) is 1.22.